The molecule has 0 radical (unpaired) electrons. The van der Waals surface area contributed by atoms with Gasteiger partial charge in [0.2, 0.25) is 17.6 Å². The standard InChI is InChI=1S/C22H22N6O2S/c1-4-15-12-8-9-14(2)18(15)23-17(29)13-31-22-26-25-20(28(22)3)21-24-19(27-30-21)16-10-6-5-7-11-16/h5-12H,4,13H2,1-3H3,(H,23,29). The Labute approximate surface area is 184 Å². The number of aromatic nitrogens is 5. The first-order valence-electron chi connectivity index (χ1n) is 9.86. The van der Waals surface area contributed by atoms with Crippen molar-refractivity contribution in [1.82, 2.24) is 24.9 Å². The van der Waals surface area contributed by atoms with E-state index in [4.69, 9.17) is 4.52 Å². The summed E-state index contributed by atoms with van der Waals surface area (Å²) in [6, 6.07) is 15.6. The molecule has 0 unspecified atom stereocenters. The largest absolute Gasteiger partial charge is 0.330 e. The molecule has 31 heavy (non-hydrogen) atoms. The smallest absolute Gasteiger partial charge is 0.296 e. The number of thioether (sulfide) groups is 1. The fraction of sp³-hybridized carbons (Fsp3) is 0.227. The van der Waals surface area contributed by atoms with Crippen LogP contribution in [-0.2, 0) is 18.3 Å². The Balaban J connectivity index is 1.44. The molecule has 0 saturated carbocycles. The summed E-state index contributed by atoms with van der Waals surface area (Å²) < 4.78 is 7.11. The molecule has 4 aromatic rings. The maximum absolute atomic E-state index is 12.5. The van der Waals surface area contributed by atoms with Gasteiger partial charge in [0.1, 0.15) is 0 Å². The number of benzene rings is 2. The molecule has 2 aromatic heterocycles. The molecule has 0 spiro atoms. The molecular weight excluding hydrogens is 412 g/mol. The minimum absolute atomic E-state index is 0.0947. The van der Waals surface area contributed by atoms with Gasteiger partial charge in [-0.15, -0.1) is 10.2 Å². The molecular formula is C22H22N6O2S. The van der Waals surface area contributed by atoms with Crippen LogP contribution in [0.4, 0.5) is 5.69 Å². The molecule has 0 atom stereocenters. The number of carbonyl (C=O) groups excluding carboxylic acids is 1. The lowest BCUT2D eigenvalue weighted by Crippen LogP contribution is -2.16. The van der Waals surface area contributed by atoms with E-state index in [1.54, 1.807) is 11.6 Å². The third kappa shape index (κ3) is 4.51. The number of carbonyl (C=O) groups is 1. The highest BCUT2D eigenvalue weighted by molar-refractivity contribution is 7.99. The van der Waals surface area contributed by atoms with Gasteiger partial charge in [-0.05, 0) is 24.5 Å². The molecule has 0 bridgehead atoms. The van der Waals surface area contributed by atoms with E-state index in [9.17, 15) is 4.79 Å². The Bertz CT molecular complexity index is 1200. The lowest BCUT2D eigenvalue weighted by atomic mass is 10.1. The molecule has 1 N–H and O–H groups in total. The molecule has 158 valence electrons. The second-order valence-corrected chi connectivity index (χ2v) is 7.90. The summed E-state index contributed by atoms with van der Waals surface area (Å²) in [5, 5.41) is 16.0. The number of anilines is 1. The third-order valence-electron chi connectivity index (χ3n) is 4.82. The van der Waals surface area contributed by atoms with Crippen molar-refractivity contribution in [2.75, 3.05) is 11.1 Å². The number of nitrogens with one attached hydrogen (secondary N) is 1. The van der Waals surface area contributed by atoms with E-state index in [1.165, 1.54) is 11.8 Å². The molecule has 0 aliphatic rings. The zero-order chi connectivity index (χ0) is 21.8. The first-order chi connectivity index (χ1) is 15.1. The average Bonchev–Trinajstić information content (AvgIpc) is 3.41. The first-order valence-corrected chi connectivity index (χ1v) is 10.9. The van der Waals surface area contributed by atoms with Crippen LogP contribution >= 0.6 is 11.8 Å². The van der Waals surface area contributed by atoms with Gasteiger partial charge in [-0.25, -0.2) is 0 Å². The maximum Gasteiger partial charge on any atom is 0.296 e. The zero-order valence-electron chi connectivity index (χ0n) is 17.5. The topological polar surface area (TPSA) is 98.7 Å². The molecule has 0 aliphatic carbocycles. The van der Waals surface area contributed by atoms with Gasteiger partial charge in [0.25, 0.3) is 5.89 Å². The van der Waals surface area contributed by atoms with E-state index in [-0.39, 0.29) is 17.6 Å². The molecule has 9 heteroatoms. The zero-order valence-corrected chi connectivity index (χ0v) is 18.3. The highest BCUT2D eigenvalue weighted by Crippen LogP contribution is 2.25. The summed E-state index contributed by atoms with van der Waals surface area (Å²) in [5.41, 5.74) is 3.90. The number of nitrogens with zero attached hydrogens (tertiary/aromatic N) is 5. The van der Waals surface area contributed by atoms with Crippen LogP contribution in [0.15, 0.2) is 58.2 Å². The van der Waals surface area contributed by atoms with Gasteiger partial charge in [-0.2, -0.15) is 4.98 Å². The number of para-hydroxylation sites is 1. The van der Waals surface area contributed by atoms with Crippen molar-refractivity contribution >= 4 is 23.4 Å². The lowest BCUT2D eigenvalue weighted by molar-refractivity contribution is -0.113. The van der Waals surface area contributed by atoms with E-state index < -0.39 is 0 Å². The predicted molar refractivity (Wildman–Crippen MR) is 120 cm³/mol. The molecule has 0 saturated heterocycles. The molecule has 0 aliphatic heterocycles. The van der Waals surface area contributed by atoms with Gasteiger partial charge in [0, 0.05) is 18.3 Å². The Morgan fingerprint density at radius 1 is 1.13 bits per heavy atom. The van der Waals surface area contributed by atoms with Crippen molar-refractivity contribution in [3.8, 4) is 23.1 Å². The molecule has 8 nitrogen and oxygen atoms in total. The van der Waals surface area contributed by atoms with Crippen LogP contribution < -0.4 is 5.32 Å². The molecule has 2 aromatic carbocycles. The van der Waals surface area contributed by atoms with Crippen molar-refractivity contribution < 1.29 is 9.32 Å². The highest BCUT2D eigenvalue weighted by Gasteiger charge is 2.19. The van der Waals surface area contributed by atoms with Gasteiger partial charge in [-0.1, -0.05) is 72.4 Å². The lowest BCUT2D eigenvalue weighted by Gasteiger charge is -2.12. The number of amides is 1. The summed E-state index contributed by atoms with van der Waals surface area (Å²) in [6.45, 7) is 4.06. The molecule has 2 heterocycles. The maximum atomic E-state index is 12.5. The van der Waals surface area contributed by atoms with Gasteiger partial charge >= 0.3 is 0 Å². The average molecular weight is 435 g/mol. The van der Waals surface area contributed by atoms with Crippen molar-refractivity contribution in [2.24, 2.45) is 7.05 Å². The van der Waals surface area contributed by atoms with Crippen LogP contribution in [-0.4, -0.2) is 36.6 Å². The second kappa shape index (κ2) is 9.13. The van der Waals surface area contributed by atoms with Crippen molar-refractivity contribution in [3.63, 3.8) is 0 Å². The highest BCUT2D eigenvalue weighted by atomic mass is 32.2. The fourth-order valence-electron chi connectivity index (χ4n) is 3.15. The number of hydrogen-bond donors (Lipinski definition) is 1. The molecule has 4 rings (SSSR count). The quantitative estimate of drug-likeness (QED) is 0.437. The van der Waals surface area contributed by atoms with E-state index >= 15 is 0 Å². The SMILES string of the molecule is CCc1cccc(C)c1NC(=O)CSc1nnc(-c2nc(-c3ccccc3)no2)n1C. The van der Waals surface area contributed by atoms with Crippen molar-refractivity contribution in [1.29, 1.82) is 0 Å². The van der Waals surface area contributed by atoms with Crippen molar-refractivity contribution in [3.05, 3.63) is 59.7 Å². The van der Waals surface area contributed by atoms with Crippen LogP contribution in [0.1, 0.15) is 18.1 Å². The van der Waals surface area contributed by atoms with Gasteiger partial charge in [-0.3, -0.25) is 4.79 Å². The van der Waals surface area contributed by atoms with Gasteiger partial charge in [0.15, 0.2) is 5.16 Å². The Morgan fingerprint density at radius 2 is 1.94 bits per heavy atom. The van der Waals surface area contributed by atoms with E-state index in [2.05, 4.69) is 32.6 Å². The van der Waals surface area contributed by atoms with Gasteiger partial charge in [0.05, 0.1) is 5.75 Å². The number of rotatable bonds is 7. The van der Waals surface area contributed by atoms with Crippen LogP contribution in [0.2, 0.25) is 0 Å². The Kier molecular flexibility index (Phi) is 6.13. The van der Waals surface area contributed by atoms with E-state index in [0.717, 1.165) is 28.8 Å². The monoisotopic (exact) mass is 434 g/mol. The van der Waals surface area contributed by atoms with E-state index in [1.807, 2.05) is 55.5 Å². The first kappa shape index (κ1) is 20.8. The minimum Gasteiger partial charge on any atom is -0.330 e. The summed E-state index contributed by atoms with van der Waals surface area (Å²) in [4.78, 5) is 16.9. The van der Waals surface area contributed by atoms with Crippen LogP contribution in [0.3, 0.4) is 0 Å². The Hall–Kier alpha value is -3.46. The third-order valence-corrected chi connectivity index (χ3v) is 5.84. The number of hydrogen-bond acceptors (Lipinski definition) is 7. The number of aryl methyl sites for hydroxylation is 2. The Morgan fingerprint density at radius 3 is 2.71 bits per heavy atom. The summed E-state index contributed by atoms with van der Waals surface area (Å²) in [5.74, 6) is 1.32. The van der Waals surface area contributed by atoms with E-state index in [0.29, 0.717) is 16.8 Å². The predicted octanol–water partition coefficient (Wildman–Crippen LogP) is 4.13. The van der Waals surface area contributed by atoms with Crippen LogP contribution in [0.25, 0.3) is 23.1 Å². The normalized spacial score (nSPS) is 10.9. The molecule has 1 amide bonds. The summed E-state index contributed by atoms with van der Waals surface area (Å²) >= 11 is 1.30. The molecule has 0 fully saturated rings. The fourth-order valence-corrected chi connectivity index (χ4v) is 3.86. The summed E-state index contributed by atoms with van der Waals surface area (Å²) in [6.07, 6.45) is 0.853. The minimum atomic E-state index is -0.0947. The van der Waals surface area contributed by atoms with Crippen molar-refractivity contribution in [2.45, 2.75) is 25.4 Å². The second-order valence-electron chi connectivity index (χ2n) is 6.95. The summed E-state index contributed by atoms with van der Waals surface area (Å²) in [7, 11) is 1.80. The van der Waals surface area contributed by atoms with Crippen LogP contribution in [0.5, 0.6) is 0 Å². The van der Waals surface area contributed by atoms with Crippen LogP contribution in [0, 0.1) is 6.92 Å². The van der Waals surface area contributed by atoms with Gasteiger partial charge < -0.3 is 14.4 Å².